The molecule has 1 N–H and O–H groups in total. The van der Waals surface area contributed by atoms with Gasteiger partial charge in [-0.05, 0) is 55.3 Å². The van der Waals surface area contributed by atoms with E-state index in [1.165, 1.54) is 35.2 Å². The van der Waals surface area contributed by atoms with Crippen molar-refractivity contribution in [1.29, 1.82) is 0 Å². The number of amides is 2. The summed E-state index contributed by atoms with van der Waals surface area (Å²) in [6, 6.07) is 14.3. The van der Waals surface area contributed by atoms with Crippen LogP contribution in [0.5, 0.6) is 0 Å². The smallest absolute Gasteiger partial charge is 0.410 e. The van der Waals surface area contributed by atoms with Gasteiger partial charge in [-0.1, -0.05) is 12.1 Å². The van der Waals surface area contributed by atoms with E-state index in [0.717, 1.165) is 41.1 Å². The van der Waals surface area contributed by atoms with Crippen molar-refractivity contribution >= 4 is 61.7 Å². The molecule has 0 atom stereocenters. The summed E-state index contributed by atoms with van der Waals surface area (Å²) in [5, 5.41) is 4.75. The van der Waals surface area contributed by atoms with Crippen LogP contribution in [0.25, 0.3) is 20.8 Å². The fraction of sp³-hybridized carbons (Fsp3) is 0.269. The number of fused-ring (bicyclic) bond motifs is 2. The number of carbonyl (C=O) groups is 2. The molecule has 0 unspecified atom stereocenters. The Hall–Kier alpha value is -2.95. The van der Waals surface area contributed by atoms with Crippen molar-refractivity contribution in [1.82, 2.24) is 9.88 Å². The zero-order chi connectivity index (χ0) is 25.1. The highest BCUT2D eigenvalue weighted by Crippen LogP contribution is 2.45. The molecule has 0 aliphatic carbocycles. The molecule has 5 rings (SSSR count). The number of hydrogen-bond donors (Lipinski definition) is 1. The minimum atomic E-state index is -0.318. The first kappa shape index (κ1) is 24.7. The maximum Gasteiger partial charge on any atom is 0.410 e. The van der Waals surface area contributed by atoms with E-state index in [1.807, 2.05) is 24.3 Å². The molecule has 0 bridgehead atoms. The highest BCUT2D eigenvalue weighted by atomic mass is 32.2. The number of anilines is 1. The van der Waals surface area contributed by atoms with Crippen LogP contribution in [0.4, 0.5) is 14.2 Å². The van der Waals surface area contributed by atoms with Crippen LogP contribution in [0.1, 0.15) is 23.8 Å². The van der Waals surface area contributed by atoms with E-state index in [2.05, 4.69) is 5.32 Å². The monoisotopic (exact) mass is 541 g/mol. The number of nitrogens with zero attached hydrogens (tertiary/aromatic N) is 2. The zero-order valence-electron chi connectivity index (χ0n) is 19.6. The number of carbonyl (C=O) groups excluding carboxylic acids is 2. The lowest BCUT2D eigenvalue weighted by Gasteiger charge is -2.26. The van der Waals surface area contributed by atoms with Gasteiger partial charge in [0.05, 0.1) is 23.4 Å². The minimum absolute atomic E-state index is 0.0900. The second-order valence-corrected chi connectivity index (χ2v) is 11.5. The first-order valence-electron chi connectivity index (χ1n) is 11.6. The lowest BCUT2D eigenvalue weighted by molar-refractivity contribution is -0.115. The van der Waals surface area contributed by atoms with Gasteiger partial charge >= 0.3 is 6.09 Å². The zero-order valence-corrected chi connectivity index (χ0v) is 22.0. The second-order valence-electron chi connectivity index (χ2n) is 8.17. The minimum Gasteiger partial charge on any atom is -0.450 e. The first-order valence-corrected chi connectivity index (χ1v) is 14.2. The van der Waals surface area contributed by atoms with E-state index in [0.29, 0.717) is 38.3 Å². The molecule has 0 saturated carbocycles. The maximum absolute atomic E-state index is 13.1. The van der Waals surface area contributed by atoms with Gasteiger partial charge in [0.15, 0.2) is 0 Å². The summed E-state index contributed by atoms with van der Waals surface area (Å²) in [4.78, 5) is 33.8. The van der Waals surface area contributed by atoms with Crippen LogP contribution >= 0.6 is 34.4 Å². The second kappa shape index (κ2) is 11.0. The molecule has 0 saturated heterocycles. The number of thiazole rings is 1. The van der Waals surface area contributed by atoms with Gasteiger partial charge in [-0.15, -0.1) is 34.4 Å². The third-order valence-corrected chi connectivity index (χ3v) is 8.95. The lowest BCUT2D eigenvalue weighted by Crippen LogP contribution is -2.35. The molecule has 0 radical (unpaired) electrons. The summed E-state index contributed by atoms with van der Waals surface area (Å²) in [6.07, 6.45) is 0.673. The largest absolute Gasteiger partial charge is 0.450 e. The molecule has 1 aliphatic rings. The van der Waals surface area contributed by atoms with Crippen LogP contribution < -0.4 is 5.32 Å². The Morgan fingerprint density at radius 1 is 1.17 bits per heavy atom. The first-order chi connectivity index (χ1) is 17.5. The Labute approximate surface area is 220 Å². The number of para-hydroxylation sites is 1. The van der Waals surface area contributed by atoms with Crippen LogP contribution in [0.2, 0.25) is 0 Å². The van der Waals surface area contributed by atoms with Gasteiger partial charge in [-0.2, -0.15) is 0 Å². The van der Waals surface area contributed by atoms with Crippen LogP contribution in [-0.2, 0) is 22.5 Å². The summed E-state index contributed by atoms with van der Waals surface area (Å²) < 4.78 is 19.4. The number of halogens is 1. The molecule has 6 nitrogen and oxygen atoms in total. The van der Waals surface area contributed by atoms with Gasteiger partial charge in [0.1, 0.15) is 15.8 Å². The number of benzene rings is 2. The molecule has 0 fully saturated rings. The van der Waals surface area contributed by atoms with Crippen molar-refractivity contribution in [2.75, 3.05) is 24.2 Å². The van der Waals surface area contributed by atoms with Crippen LogP contribution in [0.3, 0.4) is 0 Å². The number of thioether (sulfide) groups is 1. The van der Waals surface area contributed by atoms with Gasteiger partial charge in [0.25, 0.3) is 0 Å². The summed E-state index contributed by atoms with van der Waals surface area (Å²) in [6.45, 7) is 3.14. The third kappa shape index (κ3) is 5.40. The number of rotatable bonds is 7. The van der Waals surface area contributed by atoms with Crippen LogP contribution in [-0.4, -0.2) is 40.8 Å². The summed E-state index contributed by atoms with van der Waals surface area (Å²) in [5.74, 6) is 0.214. The van der Waals surface area contributed by atoms with E-state index in [4.69, 9.17) is 9.72 Å². The van der Waals surface area contributed by atoms with Crippen molar-refractivity contribution in [3.63, 3.8) is 0 Å². The summed E-state index contributed by atoms with van der Waals surface area (Å²) >= 11 is 4.62. The normalized spacial score (nSPS) is 13.0. The predicted octanol–water partition coefficient (Wildman–Crippen LogP) is 6.80. The van der Waals surface area contributed by atoms with Crippen molar-refractivity contribution in [3.8, 4) is 10.6 Å². The Kier molecular flexibility index (Phi) is 7.54. The average Bonchev–Trinajstić information content (AvgIpc) is 3.45. The van der Waals surface area contributed by atoms with E-state index < -0.39 is 0 Å². The molecule has 2 aromatic heterocycles. The van der Waals surface area contributed by atoms with Gasteiger partial charge in [0.2, 0.25) is 5.91 Å². The Morgan fingerprint density at radius 2 is 1.97 bits per heavy atom. The van der Waals surface area contributed by atoms with Gasteiger partial charge in [-0.3, -0.25) is 4.79 Å². The highest BCUT2D eigenvalue weighted by Gasteiger charge is 2.30. The van der Waals surface area contributed by atoms with E-state index in [-0.39, 0.29) is 17.8 Å². The van der Waals surface area contributed by atoms with Crippen LogP contribution in [0, 0.1) is 5.82 Å². The average molecular weight is 542 g/mol. The van der Waals surface area contributed by atoms with Gasteiger partial charge in [0, 0.05) is 34.1 Å². The molecular formula is C26H24FN3O3S3. The molecular weight excluding hydrogens is 518 g/mol. The lowest BCUT2D eigenvalue weighted by atomic mass is 10.0. The molecule has 2 aromatic carbocycles. The van der Waals surface area contributed by atoms with Crippen molar-refractivity contribution in [2.45, 2.75) is 31.2 Å². The molecule has 3 heterocycles. The van der Waals surface area contributed by atoms with E-state index in [1.54, 1.807) is 35.3 Å². The Balaban J connectivity index is 1.38. The molecule has 2 amide bonds. The predicted molar refractivity (Wildman–Crippen MR) is 144 cm³/mol. The van der Waals surface area contributed by atoms with E-state index >= 15 is 0 Å². The molecule has 1 aliphatic heterocycles. The summed E-state index contributed by atoms with van der Waals surface area (Å²) in [7, 11) is 0. The fourth-order valence-electron chi connectivity index (χ4n) is 4.05. The Morgan fingerprint density at radius 3 is 2.75 bits per heavy atom. The molecule has 0 spiro atoms. The number of hydrogen-bond acceptors (Lipinski definition) is 7. The Bertz CT molecular complexity index is 1370. The number of ether oxygens (including phenoxy) is 1. The van der Waals surface area contributed by atoms with Crippen molar-refractivity contribution < 1.29 is 18.7 Å². The maximum atomic E-state index is 13.1. The SMILES string of the molecule is CCOC(=O)N1CCc2c(sc(NC(=O)CCSc3ccc(F)cc3)c2-c2nc3ccccc3s2)C1. The molecule has 10 heteroatoms. The highest BCUT2D eigenvalue weighted by molar-refractivity contribution is 7.99. The third-order valence-electron chi connectivity index (χ3n) is 5.76. The quantitative estimate of drug-likeness (QED) is 0.261. The molecule has 36 heavy (non-hydrogen) atoms. The number of aromatic nitrogens is 1. The van der Waals surface area contributed by atoms with Gasteiger partial charge in [-0.25, -0.2) is 14.2 Å². The van der Waals surface area contributed by atoms with Crippen molar-refractivity contribution in [3.05, 3.63) is 64.8 Å². The number of nitrogens with one attached hydrogen (secondary N) is 1. The molecule has 186 valence electrons. The fourth-order valence-corrected chi connectivity index (χ4v) is 7.29. The number of thiophene rings is 1. The van der Waals surface area contributed by atoms with Crippen molar-refractivity contribution in [2.24, 2.45) is 0 Å². The van der Waals surface area contributed by atoms with Gasteiger partial charge < -0.3 is 15.0 Å². The standard InChI is InChI=1S/C26H24FN3O3S3/c1-2-33-26(32)30-13-11-18-21(15-30)36-25(23(18)24-28-19-5-3-4-6-20(19)35-24)29-22(31)12-14-34-17-9-7-16(27)8-10-17/h3-10H,2,11-15H2,1H3,(H,29,31). The molecule has 4 aromatic rings. The topological polar surface area (TPSA) is 71.5 Å². The van der Waals surface area contributed by atoms with Crippen LogP contribution in [0.15, 0.2) is 53.4 Å². The summed E-state index contributed by atoms with van der Waals surface area (Å²) in [5.41, 5.74) is 3.02. The van der Waals surface area contributed by atoms with E-state index in [9.17, 15) is 14.0 Å².